The average molecular weight is 294 g/mol. The third-order valence-corrected chi connectivity index (χ3v) is 6.44. The molecule has 21 heavy (non-hydrogen) atoms. The zero-order chi connectivity index (χ0) is 15.3. The Morgan fingerprint density at radius 2 is 1.67 bits per heavy atom. The van der Waals surface area contributed by atoms with Crippen molar-refractivity contribution in [2.75, 3.05) is 13.1 Å². The predicted molar refractivity (Wildman–Crippen MR) is 87.3 cm³/mol. The van der Waals surface area contributed by atoms with Crippen molar-refractivity contribution in [2.45, 2.75) is 89.5 Å². The van der Waals surface area contributed by atoms with Gasteiger partial charge < -0.3 is 10.5 Å². The molecule has 0 radical (unpaired) electrons. The molecular weight excluding hydrogens is 260 g/mol. The second-order valence-corrected chi connectivity index (χ2v) is 8.69. The molecule has 0 bridgehead atoms. The smallest absolute Gasteiger partial charge is 0.0788 e. The van der Waals surface area contributed by atoms with Gasteiger partial charge in [0.2, 0.25) is 0 Å². The van der Waals surface area contributed by atoms with Gasteiger partial charge in [0.05, 0.1) is 11.2 Å². The van der Waals surface area contributed by atoms with Gasteiger partial charge in [0, 0.05) is 24.5 Å². The summed E-state index contributed by atoms with van der Waals surface area (Å²) in [6.07, 6.45) is 8.52. The Bertz CT molecular complexity index is 377. The lowest BCUT2D eigenvalue weighted by Crippen LogP contribution is -2.53. The van der Waals surface area contributed by atoms with Crippen LogP contribution in [0.2, 0.25) is 0 Å². The van der Waals surface area contributed by atoms with Crippen molar-refractivity contribution < 1.29 is 4.74 Å². The number of nitrogens with two attached hydrogens (primary N) is 1. The molecule has 1 aliphatic carbocycles. The van der Waals surface area contributed by atoms with Gasteiger partial charge in [-0.3, -0.25) is 4.90 Å². The summed E-state index contributed by atoms with van der Waals surface area (Å²) in [5.74, 6) is 1.38. The largest absolute Gasteiger partial charge is 0.368 e. The van der Waals surface area contributed by atoms with Crippen LogP contribution in [0.25, 0.3) is 0 Å². The van der Waals surface area contributed by atoms with Crippen molar-refractivity contribution in [1.82, 2.24) is 4.90 Å². The molecule has 0 aromatic rings. The highest BCUT2D eigenvalue weighted by atomic mass is 16.5. The molecule has 0 amide bonds. The van der Waals surface area contributed by atoms with E-state index in [1.807, 2.05) is 0 Å². The molecule has 3 heteroatoms. The van der Waals surface area contributed by atoms with Gasteiger partial charge in [0.15, 0.2) is 0 Å². The van der Waals surface area contributed by atoms with E-state index in [1.54, 1.807) is 0 Å². The maximum absolute atomic E-state index is 6.57. The first-order valence-electron chi connectivity index (χ1n) is 9.01. The molecule has 0 aromatic carbocycles. The maximum atomic E-state index is 6.57. The molecule has 3 aliphatic rings. The summed E-state index contributed by atoms with van der Waals surface area (Å²) in [5.41, 5.74) is 6.26. The van der Waals surface area contributed by atoms with Gasteiger partial charge in [-0.25, -0.2) is 0 Å². The van der Waals surface area contributed by atoms with Gasteiger partial charge in [0.1, 0.15) is 0 Å². The number of ether oxygens (including phenoxy) is 1. The quantitative estimate of drug-likeness (QED) is 0.850. The van der Waals surface area contributed by atoms with E-state index in [0.29, 0.717) is 5.92 Å². The van der Waals surface area contributed by atoms with Crippen LogP contribution in [0, 0.1) is 11.8 Å². The highest BCUT2D eigenvalue weighted by molar-refractivity contribution is 5.05. The Labute approximate surface area is 130 Å². The number of hydrogen-bond acceptors (Lipinski definition) is 3. The second kappa shape index (κ2) is 5.50. The molecule has 2 N–H and O–H groups in total. The monoisotopic (exact) mass is 294 g/mol. The average Bonchev–Trinajstić information content (AvgIpc) is 2.57. The van der Waals surface area contributed by atoms with Crippen molar-refractivity contribution in [2.24, 2.45) is 17.6 Å². The van der Waals surface area contributed by atoms with E-state index >= 15 is 0 Å². The van der Waals surface area contributed by atoms with E-state index in [1.165, 1.54) is 45.1 Å². The first-order chi connectivity index (χ1) is 9.81. The number of likely N-dealkylation sites (tertiary alicyclic amines) is 1. The zero-order valence-corrected chi connectivity index (χ0v) is 14.4. The van der Waals surface area contributed by atoms with Crippen LogP contribution < -0.4 is 5.73 Å². The topological polar surface area (TPSA) is 38.5 Å². The highest BCUT2D eigenvalue weighted by Gasteiger charge is 2.53. The normalized spacial score (nSPS) is 42.7. The molecule has 2 saturated heterocycles. The van der Waals surface area contributed by atoms with Crippen LogP contribution in [0.15, 0.2) is 0 Å². The first-order valence-corrected chi connectivity index (χ1v) is 9.01. The van der Waals surface area contributed by atoms with Crippen molar-refractivity contribution in [1.29, 1.82) is 0 Å². The van der Waals surface area contributed by atoms with Gasteiger partial charge >= 0.3 is 0 Å². The van der Waals surface area contributed by atoms with E-state index in [9.17, 15) is 0 Å². The number of hydrogen-bond donors (Lipinski definition) is 1. The Balaban J connectivity index is 1.73. The minimum Gasteiger partial charge on any atom is -0.368 e. The fourth-order valence-electron chi connectivity index (χ4n) is 5.28. The second-order valence-electron chi connectivity index (χ2n) is 8.69. The van der Waals surface area contributed by atoms with Crippen LogP contribution in [-0.2, 0) is 4.74 Å². The standard InChI is InChI=1S/C18H34N2O/c1-17(2)14(16(19)18(3,4)21-17)12-20-11-7-9-13-8-5-6-10-15(13)20/h13-16H,5-12,19H2,1-4H3/t13-,14?,15-,16?/m1/s1. The lowest BCUT2D eigenvalue weighted by Gasteiger charge is -2.46. The van der Waals surface area contributed by atoms with Gasteiger partial charge in [-0.15, -0.1) is 0 Å². The van der Waals surface area contributed by atoms with E-state index in [0.717, 1.165) is 18.5 Å². The van der Waals surface area contributed by atoms with Crippen molar-refractivity contribution in [3.8, 4) is 0 Å². The fraction of sp³-hybridized carbons (Fsp3) is 1.00. The Kier molecular flexibility index (Phi) is 4.13. The van der Waals surface area contributed by atoms with E-state index in [-0.39, 0.29) is 17.2 Å². The summed E-state index contributed by atoms with van der Waals surface area (Å²) in [6, 6.07) is 0.954. The molecule has 2 unspecified atom stereocenters. The molecule has 1 saturated carbocycles. The van der Waals surface area contributed by atoms with Crippen LogP contribution >= 0.6 is 0 Å². The zero-order valence-electron chi connectivity index (χ0n) is 14.4. The Morgan fingerprint density at radius 3 is 2.33 bits per heavy atom. The molecule has 122 valence electrons. The first kappa shape index (κ1) is 15.8. The van der Waals surface area contributed by atoms with Crippen molar-refractivity contribution in [3.05, 3.63) is 0 Å². The van der Waals surface area contributed by atoms with E-state index < -0.39 is 0 Å². The SMILES string of the molecule is CC1(C)OC(C)(C)C(CN2CCC[C@H]3CCCC[C@H]32)C1N. The maximum Gasteiger partial charge on any atom is 0.0788 e. The predicted octanol–water partition coefficient (Wildman–Crippen LogP) is 3.17. The van der Waals surface area contributed by atoms with Gasteiger partial charge in [0.25, 0.3) is 0 Å². The Morgan fingerprint density at radius 1 is 1.00 bits per heavy atom. The third-order valence-electron chi connectivity index (χ3n) is 6.44. The van der Waals surface area contributed by atoms with Gasteiger partial charge in [-0.05, 0) is 65.8 Å². The van der Waals surface area contributed by atoms with Crippen LogP contribution in [-0.4, -0.2) is 41.3 Å². The molecule has 0 spiro atoms. The summed E-state index contributed by atoms with van der Waals surface area (Å²) in [7, 11) is 0. The van der Waals surface area contributed by atoms with Gasteiger partial charge in [-0.2, -0.15) is 0 Å². The lowest BCUT2D eigenvalue weighted by molar-refractivity contribution is -0.0811. The summed E-state index contributed by atoms with van der Waals surface area (Å²) in [6.45, 7) is 11.2. The molecule has 3 nitrogen and oxygen atoms in total. The number of fused-ring (bicyclic) bond motifs is 1. The molecule has 3 fully saturated rings. The van der Waals surface area contributed by atoms with Crippen molar-refractivity contribution in [3.63, 3.8) is 0 Å². The molecule has 3 rings (SSSR count). The van der Waals surface area contributed by atoms with E-state index in [4.69, 9.17) is 10.5 Å². The third kappa shape index (κ3) is 2.89. The number of nitrogens with zero attached hydrogens (tertiary/aromatic N) is 1. The minimum atomic E-state index is -0.198. The van der Waals surface area contributed by atoms with E-state index in [2.05, 4.69) is 32.6 Å². The van der Waals surface area contributed by atoms with Crippen LogP contribution in [0.1, 0.15) is 66.2 Å². The highest BCUT2D eigenvalue weighted by Crippen LogP contribution is 2.43. The lowest BCUT2D eigenvalue weighted by atomic mass is 9.76. The van der Waals surface area contributed by atoms with Crippen LogP contribution in [0.5, 0.6) is 0 Å². The van der Waals surface area contributed by atoms with Crippen LogP contribution in [0.3, 0.4) is 0 Å². The number of rotatable bonds is 2. The summed E-state index contributed by atoms with van der Waals surface area (Å²) in [4.78, 5) is 2.77. The molecule has 0 aromatic heterocycles. The van der Waals surface area contributed by atoms with Gasteiger partial charge in [-0.1, -0.05) is 12.8 Å². The molecule has 4 atom stereocenters. The summed E-state index contributed by atoms with van der Waals surface area (Å²) >= 11 is 0. The molecule has 2 aliphatic heterocycles. The fourth-order valence-corrected chi connectivity index (χ4v) is 5.28. The molecule has 2 heterocycles. The van der Waals surface area contributed by atoms with Crippen LogP contribution in [0.4, 0.5) is 0 Å². The summed E-state index contributed by atoms with van der Waals surface area (Å²) in [5, 5.41) is 0. The number of piperidine rings is 1. The Hall–Kier alpha value is -0.120. The van der Waals surface area contributed by atoms with Crippen molar-refractivity contribution >= 4 is 0 Å². The minimum absolute atomic E-state index is 0.107. The summed E-state index contributed by atoms with van der Waals surface area (Å²) < 4.78 is 6.29. The molecular formula is C18H34N2O.